The van der Waals surface area contributed by atoms with Crippen molar-refractivity contribution < 1.29 is 4.39 Å². The fourth-order valence-electron chi connectivity index (χ4n) is 3.73. The first-order valence-corrected chi connectivity index (χ1v) is 9.24. The minimum atomic E-state index is -1.75. The second-order valence-electron chi connectivity index (χ2n) is 6.93. The SMILES string of the molecule is FC1(c2ccc3ccccc3c2)CN=c2ccccc2=C1Nc1ccncc1. The number of anilines is 1. The molecular weight excluding hydrogens is 349 g/mol. The molecule has 136 valence electrons. The van der Waals surface area contributed by atoms with Crippen LogP contribution in [0.15, 0.2) is 96.2 Å². The number of aromatic nitrogens is 1. The molecule has 0 amide bonds. The van der Waals surface area contributed by atoms with Crippen molar-refractivity contribution in [2.75, 3.05) is 11.9 Å². The highest BCUT2D eigenvalue weighted by atomic mass is 19.1. The van der Waals surface area contributed by atoms with Crippen LogP contribution in [0.3, 0.4) is 0 Å². The smallest absolute Gasteiger partial charge is 0.195 e. The molecule has 1 aliphatic rings. The molecule has 0 radical (unpaired) electrons. The summed E-state index contributed by atoms with van der Waals surface area (Å²) >= 11 is 0. The monoisotopic (exact) mass is 367 g/mol. The summed E-state index contributed by atoms with van der Waals surface area (Å²) in [5, 5.41) is 7.00. The van der Waals surface area contributed by atoms with E-state index in [0.717, 1.165) is 27.0 Å². The van der Waals surface area contributed by atoms with Gasteiger partial charge < -0.3 is 5.32 Å². The van der Waals surface area contributed by atoms with Crippen molar-refractivity contribution >= 4 is 22.2 Å². The normalized spacial score (nSPS) is 18.4. The fraction of sp³-hybridized carbons (Fsp3) is 0.0833. The van der Waals surface area contributed by atoms with Gasteiger partial charge in [-0.25, -0.2) is 4.39 Å². The van der Waals surface area contributed by atoms with Crippen LogP contribution in [0.4, 0.5) is 10.1 Å². The van der Waals surface area contributed by atoms with E-state index in [1.165, 1.54) is 0 Å². The summed E-state index contributed by atoms with van der Waals surface area (Å²) in [6, 6.07) is 25.1. The Bertz CT molecular complexity index is 1280. The van der Waals surface area contributed by atoms with Gasteiger partial charge in [-0.05, 0) is 40.6 Å². The number of hydrogen-bond donors (Lipinski definition) is 1. The highest BCUT2D eigenvalue weighted by molar-refractivity contribution is 5.84. The zero-order valence-electron chi connectivity index (χ0n) is 15.1. The molecule has 3 nitrogen and oxygen atoms in total. The van der Waals surface area contributed by atoms with Crippen molar-refractivity contribution in [1.29, 1.82) is 0 Å². The van der Waals surface area contributed by atoms with E-state index in [4.69, 9.17) is 0 Å². The van der Waals surface area contributed by atoms with E-state index >= 15 is 4.39 Å². The van der Waals surface area contributed by atoms with E-state index in [1.54, 1.807) is 12.4 Å². The van der Waals surface area contributed by atoms with Gasteiger partial charge in [-0.15, -0.1) is 0 Å². The third-order valence-corrected chi connectivity index (χ3v) is 5.19. The molecule has 0 bridgehead atoms. The first-order valence-electron chi connectivity index (χ1n) is 9.24. The standard InChI is InChI=1S/C24H18FN3/c25-24(19-10-9-17-5-1-2-6-18(17)15-19)16-27-22-8-4-3-7-21(22)23(24)28-20-11-13-26-14-12-20/h1-15H,16H2,(H,26,28). The molecule has 0 fully saturated rings. The largest absolute Gasteiger partial charge is 0.355 e. The van der Waals surface area contributed by atoms with E-state index in [9.17, 15) is 0 Å². The molecule has 5 rings (SSSR count). The van der Waals surface area contributed by atoms with E-state index < -0.39 is 5.67 Å². The summed E-state index contributed by atoms with van der Waals surface area (Å²) in [7, 11) is 0. The molecule has 4 heteroatoms. The molecule has 28 heavy (non-hydrogen) atoms. The number of pyridine rings is 1. The number of fused-ring (bicyclic) bond motifs is 2. The second kappa shape index (κ2) is 6.57. The van der Waals surface area contributed by atoms with Crippen LogP contribution < -0.4 is 15.9 Å². The lowest BCUT2D eigenvalue weighted by Gasteiger charge is -2.31. The summed E-state index contributed by atoms with van der Waals surface area (Å²) < 4.78 is 16.7. The predicted octanol–water partition coefficient (Wildman–Crippen LogP) is 3.95. The number of alkyl halides is 1. The van der Waals surface area contributed by atoms with E-state index in [1.807, 2.05) is 78.9 Å². The zero-order valence-corrected chi connectivity index (χ0v) is 15.1. The van der Waals surface area contributed by atoms with Gasteiger partial charge in [-0.1, -0.05) is 54.6 Å². The van der Waals surface area contributed by atoms with Crippen LogP contribution in [0.5, 0.6) is 0 Å². The highest BCUT2D eigenvalue weighted by Gasteiger charge is 2.39. The molecule has 0 aliphatic carbocycles. The Balaban J connectivity index is 1.73. The summed E-state index contributed by atoms with van der Waals surface area (Å²) in [4.78, 5) is 8.60. The molecular formula is C24H18FN3. The van der Waals surface area contributed by atoms with Gasteiger partial charge in [-0.3, -0.25) is 9.98 Å². The van der Waals surface area contributed by atoms with E-state index in [0.29, 0.717) is 11.3 Å². The van der Waals surface area contributed by atoms with Gasteiger partial charge >= 0.3 is 0 Å². The van der Waals surface area contributed by atoms with Gasteiger partial charge in [0.05, 0.1) is 17.6 Å². The minimum Gasteiger partial charge on any atom is -0.355 e. The Hall–Kier alpha value is -3.53. The van der Waals surface area contributed by atoms with Crippen LogP contribution in [-0.2, 0) is 5.67 Å². The van der Waals surface area contributed by atoms with Gasteiger partial charge in [0.2, 0.25) is 0 Å². The van der Waals surface area contributed by atoms with Crippen molar-refractivity contribution in [3.05, 3.63) is 107 Å². The van der Waals surface area contributed by atoms with Gasteiger partial charge in [0.1, 0.15) is 0 Å². The maximum atomic E-state index is 16.7. The minimum absolute atomic E-state index is 0.0375. The number of nitrogens with one attached hydrogen (secondary N) is 1. The molecule has 2 heterocycles. The lowest BCUT2D eigenvalue weighted by molar-refractivity contribution is 0.251. The Kier molecular flexibility index (Phi) is 3.90. The van der Waals surface area contributed by atoms with E-state index in [-0.39, 0.29) is 6.54 Å². The topological polar surface area (TPSA) is 37.3 Å². The summed E-state index contributed by atoms with van der Waals surface area (Å²) in [5.41, 5.74) is 0.159. The summed E-state index contributed by atoms with van der Waals surface area (Å²) in [6.45, 7) is 0.0375. The average molecular weight is 367 g/mol. The van der Waals surface area contributed by atoms with Crippen LogP contribution in [0, 0.1) is 0 Å². The fourth-order valence-corrected chi connectivity index (χ4v) is 3.73. The highest BCUT2D eigenvalue weighted by Crippen LogP contribution is 2.37. The van der Waals surface area contributed by atoms with Crippen LogP contribution in [0.25, 0.3) is 16.5 Å². The number of benzene rings is 3. The Labute approximate surface area is 161 Å². The van der Waals surface area contributed by atoms with Crippen LogP contribution in [0.1, 0.15) is 5.56 Å². The second-order valence-corrected chi connectivity index (χ2v) is 6.93. The number of rotatable bonds is 3. The number of para-hydroxylation sites is 1. The molecule has 1 atom stereocenters. The maximum absolute atomic E-state index is 16.7. The molecule has 0 saturated carbocycles. The lowest BCUT2D eigenvalue weighted by Crippen LogP contribution is -2.44. The third-order valence-electron chi connectivity index (χ3n) is 5.19. The van der Waals surface area contributed by atoms with Crippen molar-refractivity contribution in [2.24, 2.45) is 4.99 Å². The molecule has 3 aromatic carbocycles. The van der Waals surface area contributed by atoms with Gasteiger partial charge in [0, 0.05) is 23.3 Å². The molecule has 1 unspecified atom stereocenters. The van der Waals surface area contributed by atoms with Crippen LogP contribution in [-0.4, -0.2) is 11.5 Å². The lowest BCUT2D eigenvalue weighted by atomic mass is 9.87. The zero-order chi connectivity index (χ0) is 19.0. The quantitative estimate of drug-likeness (QED) is 0.595. The Morgan fingerprint density at radius 3 is 2.43 bits per heavy atom. The molecule has 0 saturated heterocycles. The van der Waals surface area contributed by atoms with Crippen molar-refractivity contribution in [3.63, 3.8) is 0 Å². The molecule has 1 aliphatic heterocycles. The Morgan fingerprint density at radius 2 is 1.57 bits per heavy atom. The van der Waals surface area contributed by atoms with Gasteiger partial charge in [-0.2, -0.15) is 0 Å². The molecule has 0 spiro atoms. The van der Waals surface area contributed by atoms with Crippen molar-refractivity contribution in [2.45, 2.75) is 5.67 Å². The molecule has 1 N–H and O–H groups in total. The number of nitrogens with zero attached hydrogens (tertiary/aromatic N) is 2. The van der Waals surface area contributed by atoms with Crippen LogP contribution in [0.2, 0.25) is 0 Å². The molecule has 4 aromatic rings. The number of halogens is 1. The van der Waals surface area contributed by atoms with Crippen molar-refractivity contribution in [1.82, 2.24) is 4.98 Å². The predicted molar refractivity (Wildman–Crippen MR) is 110 cm³/mol. The summed E-state index contributed by atoms with van der Waals surface area (Å²) in [6.07, 6.45) is 3.38. The van der Waals surface area contributed by atoms with Gasteiger partial charge in [0.15, 0.2) is 5.67 Å². The van der Waals surface area contributed by atoms with Crippen molar-refractivity contribution in [3.8, 4) is 0 Å². The first kappa shape index (κ1) is 16.6. The molecule has 1 aromatic heterocycles. The van der Waals surface area contributed by atoms with E-state index in [2.05, 4.69) is 15.3 Å². The summed E-state index contributed by atoms with van der Waals surface area (Å²) in [5.74, 6) is 0. The average Bonchev–Trinajstić information content (AvgIpc) is 2.76. The third kappa shape index (κ3) is 2.74. The van der Waals surface area contributed by atoms with Gasteiger partial charge in [0.25, 0.3) is 0 Å². The Morgan fingerprint density at radius 1 is 0.821 bits per heavy atom. The van der Waals surface area contributed by atoms with Crippen LogP contribution >= 0.6 is 0 Å². The maximum Gasteiger partial charge on any atom is 0.195 e. The first-order chi connectivity index (χ1) is 13.7. The number of hydrogen-bond acceptors (Lipinski definition) is 3.